The van der Waals surface area contributed by atoms with Crippen molar-refractivity contribution in [2.24, 2.45) is 11.8 Å². The molecule has 2 bridgehead atoms. The Labute approximate surface area is 187 Å². The number of nitro benzene ring substituents is 1. The number of aliphatic hydroxyl groups is 1. The maximum Gasteiger partial charge on any atom is 0.293 e. The highest BCUT2D eigenvalue weighted by Gasteiger charge is 2.69. The van der Waals surface area contributed by atoms with Crippen LogP contribution in [0.4, 0.5) is 11.4 Å². The molecule has 2 amide bonds. The van der Waals surface area contributed by atoms with Gasteiger partial charge in [-0.3, -0.25) is 19.7 Å². The van der Waals surface area contributed by atoms with Crippen LogP contribution < -0.4 is 4.90 Å². The number of hydrogen-bond donors (Lipinski definition) is 1. The molecule has 4 aliphatic rings. The lowest BCUT2D eigenvalue weighted by molar-refractivity contribution is -0.384. The number of para-hydroxylation sites is 2. The van der Waals surface area contributed by atoms with E-state index in [2.05, 4.69) is 0 Å². The molecule has 3 aromatic carbocycles. The molecule has 1 fully saturated rings. The normalized spacial score (nSPS) is 27.2. The van der Waals surface area contributed by atoms with Crippen LogP contribution in [0.15, 0.2) is 66.7 Å². The molecule has 32 heavy (non-hydrogen) atoms. The van der Waals surface area contributed by atoms with E-state index in [0.29, 0.717) is 21.7 Å². The smallest absolute Gasteiger partial charge is 0.293 e. The maximum absolute atomic E-state index is 13.7. The number of halogens is 1. The van der Waals surface area contributed by atoms with E-state index in [4.69, 9.17) is 11.6 Å². The van der Waals surface area contributed by atoms with Crippen LogP contribution in [-0.4, -0.2) is 21.8 Å². The van der Waals surface area contributed by atoms with Gasteiger partial charge >= 0.3 is 0 Å². The summed E-state index contributed by atoms with van der Waals surface area (Å²) < 4.78 is 0. The number of imide groups is 1. The van der Waals surface area contributed by atoms with Crippen molar-refractivity contribution < 1.29 is 19.6 Å². The summed E-state index contributed by atoms with van der Waals surface area (Å²) in [5, 5.41) is 24.1. The quantitative estimate of drug-likeness (QED) is 0.367. The van der Waals surface area contributed by atoms with E-state index in [1.807, 2.05) is 18.2 Å². The van der Waals surface area contributed by atoms with Crippen LogP contribution in [0, 0.1) is 22.0 Å². The predicted molar refractivity (Wildman–Crippen MR) is 115 cm³/mol. The fourth-order valence-electron chi connectivity index (χ4n) is 5.84. The van der Waals surface area contributed by atoms with Gasteiger partial charge in [-0.1, -0.05) is 60.1 Å². The minimum Gasteiger partial charge on any atom is -0.379 e. The van der Waals surface area contributed by atoms with E-state index >= 15 is 0 Å². The van der Waals surface area contributed by atoms with Gasteiger partial charge in [0.2, 0.25) is 11.8 Å². The summed E-state index contributed by atoms with van der Waals surface area (Å²) in [6.07, 6.45) is 0. The van der Waals surface area contributed by atoms with Crippen molar-refractivity contribution in [1.29, 1.82) is 0 Å². The summed E-state index contributed by atoms with van der Waals surface area (Å²) in [6.45, 7) is 0. The molecule has 3 aromatic rings. The fraction of sp³-hybridized carbons (Fsp3) is 0.167. The minimum absolute atomic E-state index is 0.0934. The predicted octanol–water partition coefficient (Wildman–Crippen LogP) is 3.75. The van der Waals surface area contributed by atoms with Crippen LogP contribution >= 0.6 is 11.6 Å². The van der Waals surface area contributed by atoms with Crippen molar-refractivity contribution in [3.63, 3.8) is 0 Å². The van der Waals surface area contributed by atoms with Crippen LogP contribution in [0.3, 0.4) is 0 Å². The fourth-order valence-corrected chi connectivity index (χ4v) is 6.17. The summed E-state index contributed by atoms with van der Waals surface area (Å²) in [7, 11) is 0. The van der Waals surface area contributed by atoms with E-state index in [1.54, 1.807) is 24.3 Å². The molecule has 1 heterocycles. The number of nitro groups is 1. The van der Waals surface area contributed by atoms with Crippen LogP contribution in [-0.2, 0) is 15.2 Å². The molecular weight excluding hydrogens is 432 g/mol. The summed E-state index contributed by atoms with van der Waals surface area (Å²) in [5.41, 5.74) is 0.162. The molecule has 7 rings (SSSR count). The van der Waals surface area contributed by atoms with Gasteiger partial charge < -0.3 is 5.11 Å². The summed E-state index contributed by atoms with van der Waals surface area (Å²) in [6, 6.07) is 18.0. The van der Waals surface area contributed by atoms with Crippen molar-refractivity contribution in [2.45, 2.75) is 11.5 Å². The zero-order valence-electron chi connectivity index (χ0n) is 16.4. The molecule has 158 valence electrons. The molecule has 0 spiro atoms. The van der Waals surface area contributed by atoms with Crippen molar-refractivity contribution in [2.75, 3.05) is 4.90 Å². The molecule has 1 N–H and O–H groups in total. The van der Waals surface area contributed by atoms with E-state index in [-0.39, 0.29) is 11.4 Å². The Morgan fingerprint density at radius 3 is 2.41 bits per heavy atom. The van der Waals surface area contributed by atoms with Crippen molar-refractivity contribution in [3.05, 3.63) is 104 Å². The Bertz CT molecular complexity index is 1370. The molecular formula is C24H15ClN2O5. The summed E-state index contributed by atoms with van der Waals surface area (Å²) in [5.74, 6) is -3.75. The van der Waals surface area contributed by atoms with Crippen LogP contribution in [0.25, 0.3) is 0 Å². The van der Waals surface area contributed by atoms with Gasteiger partial charge in [0, 0.05) is 22.6 Å². The van der Waals surface area contributed by atoms with Gasteiger partial charge in [-0.2, -0.15) is 0 Å². The molecule has 7 nitrogen and oxygen atoms in total. The topological polar surface area (TPSA) is 101 Å². The maximum atomic E-state index is 13.7. The molecule has 1 aliphatic heterocycles. The largest absolute Gasteiger partial charge is 0.379 e. The number of nitrogens with zero attached hydrogens (tertiary/aromatic N) is 2. The second-order valence-corrected chi connectivity index (χ2v) is 8.70. The molecule has 4 unspecified atom stereocenters. The molecule has 0 aromatic heterocycles. The van der Waals surface area contributed by atoms with Gasteiger partial charge in [0.25, 0.3) is 5.69 Å². The molecule has 1 saturated heterocycles. The third-order valence-electron chi connectivity index (χ3n) is 6.95. The first-order valence-corrected chi connectivity index (χ1v) is 10.5. The Hall–Kier alpha value is -3.55. The molecule has 4 atom stereocenters. The lowest BCUT2D eigenvalue weighted by Crippen LogP contribution is -2.53. The number of amides is 2. The van der Waals surface area contributed by atoms with Crippen molar-refractivity contribution in [3.8, 4) is 0 Å². The average molecular weight is 447 g/mol. The highest BCUT2D eigenvalue weighted by molar-refractivity contribution is 6.32. The van der Waals surface area contributed by atoms with Gasteiger partial charge in [-0.15, -0.1) is 0 Å². The highest BCUT2D eigenvalue weighted by Crippen LogP contribution is 2.64. The first-order chi connectivity index (χ1) is 15.4. The van der Waals surface area contributed by atoms with Gasteiger partial charge in [-0.05, 0) is 28.8 Å². The number of anilines is 1. The second-order valence-electron chi connectivity index (χ2n) is 8.30. The van der Waals surface area contributed by atoms with E-state index in [0.717, 1.165) is 10.5 Å². The Kier molecular flexibility index (Phi) is 3.74. The average Bonchev–Trinajstić information content (AvgIpc) is 3.05. The monoisotopic (exact) mass is 446 g/mol. The molecule has 3 aliphatic carbocycles. The Balaban J connectivity index is 1.64. The lowest BCUT2D eigenvalue weighted by atomic mass is 9.52. The Morgan fingerprint density at radius 2 is 1.62 bits per heavy atom. The zero-order valence-corrected chi connectivity index (χ0v) is 17.2. The summed E-state index contributed by atoms with van der Waals surface area (Å²) in [4.78, 5) is 39.3. The number of carbonyl (C=O) groups is 2. The molecule has 8 heteroatoms. The van der Waals surface area contributed by atoms with Crippen LogP contribution in [0.1, 0.15) is 28.2 Å². The number of benzene rings is 3. The minimum atomic E-state index is -1.82. The van der Waals surface area contributed by atoms with Crippen molar-refractivity contribution >= 4 is 34.8 Å². The second kappa shape index (κ2) is 6.25. The standard InChI is InChI=1S/C24H15ClN2O5/c25-15-9-5-7-13-18-12-6-1-2-8-14(12)24(30,20(13)15)21-19(18)22(28)26(23(21)29)16-10-3-4-11-17(16)27(31)32/h1-11,18-19,21,30H. The molecule has 0 radical (unpaired) electrons. The number of rotatable bonds is 2. The number of hydrogen-bond acceptors (Lipinski definition) is 5. The molecule has 0 saturated carbocycles. The number of carbonyl (C=O) groups excluding carboxylic acids is 2. The van der Waals surface area contributed by atoms with Crippen LogP contribution in [0.2, 0.25) is 5.02 Å². The van der Waals surface area contributed by atoms with Gasteiger partial charge in [0.05, 0.1) is 16.8 Å². The van der Waals surface area contributed by atoms with Gasteiger partial charge in [-0.25, -0.2) is 4.90 Å². The third kappa shape index (κ3) is 2.09. The van der Waals surface area contributed by atoms with Gasteiger partial charge in [0.15, 0.2) is 0 Å². The third-order valence-corrected chi connectivity index (χ3v) is 7.26. The Morgan fingerprint density at radius 1 is 0.938 bits per heavy atom. The van der Waals surface area contributed by atoms with Gasteiger partial charge in [0.1, 0.15) is 11.3 Å². The first kappa shape index (κ1) is 19.2. The summed E-state index contributed by atoms with van der Waals surface area (Å²) >= 11 is 6.53. The van der Waals surface area contributed by atoms with E-state index in [9.17, 15) is 24.8 Å². The lowest BCUT2D eigenvalue weighted by Gasteiger charge is -2.51. The highest BCUT2D eigenvalue weighted by atomic mass is 35.5. The van der Waals surface area contributed by atoms with Crippen LogP contribution in [0.5, 0.6) is 0 Å². The van der Waals surface area contributed by atoms with E-state index < -0.39 is 40.1 Å². The zero-order chi connectivity index (χ0) is 22.4. The first-order valence-electron chi connectivity index (χ1n) is 10.1. The van der Waals surface area contributed by atoms with E-state index in [1.165, 1.54) is 24.3 Å². The van der Waals surface area contributed by atoms with Crippen molar-refractivity contribution in [1.82, 2.24) is 0 Å². The SMILES string of the molecule is O=C1C2C3c4ccccc4C(O)(c4c(Cl)cccc43)C2C(=O)N1c1ccccc1[N+](=O)[O-].